The molecule has 0 unspecified atom stereocenters. The lowest BCUT2D eigenvalue weighted by atomic mass is 10.1. The highest BCUT2D eigenvalue weighted by Gasteiger charge is 2.39. The van der Waals surface area contributed by atoms with Crippen molar-refractivity contribution < 1.29 is 27.4 Å². The zero-order valence-electron chi connectivity index (χ0n) is 10.4. The van der Waals surface area contributed by atoms with E-state index in [9.17, 15) is 18.0 Å². The van der Waals surface area contributed by atoms with Crippen LogP contribution in [0.4, 0.5) is 13.2 Å². The Morgan fingerprint density at radius 3 is 2.25 bits per heavy atom. The molecule has 1 N–H and O–H groups in total. The fraction of sp³-hybridized carbons (Fsp3) is 0.462. The molecule has 0 radical (unpaired) electrons. The van der Waals surface area contributed by atoms with Gasteiger partial charge in [-0.05, 0) is 12.1 Å². The van der Waals surface area contributed by atoms with E-state index in [0.717, 1.165) is 12.1 Å². The number of nitrogens with one attached hydrogen (secondary N) is 1. The van der Waals surface area contributed by atoms with Crippen LogP contribution in [-0.4, -0.2) is 31.3 Å². The van der Waals surface area contributed by atoms with Gasteiger partial charge in [0.25, 0.3) is 5.91 Å². The fourth-order valence-corrected chi connectivity index (χ4v) is 2.03. The molecule has 3 rings (SSSR count). The molecule has 1 aromatic carbocycles. The molecule has 1 amide bonds. The molecule has 1 saturated heterocycles. The van der Waals surface area contributed by atoms with Crippen LogP contribution in [-0.2, 0) is 9.47 Å². The summed E-state index contributed by atoms with van der Waals surface area (Å²) in [5, 5.41) is 2.35. The molecule has 1 saturated carbocycles. The van der Waals surface area contributed by atoms with Crippen molar-refractivity contribution in [1.29, 1.82) is 0 Å². The van der Waals surface area contributed by atoms with Crippen LogP contribution in [0.1, 0.15) is 28.6 Å². The van der Waals surface area contributed by atoms with E-state index in [1.807, 2.05) is 0 Å². The third-order valence-corrected chi connectivity index (χ3v) is 3.23. The van der Waals surface area contributed by atoms with E-state index in [0.29, 0.717) is 0 Å². The van der Waals surface area contributed by atoms with Crippen molar-refractivity contribution in [2.75, 3.05) is 13.2 Å². The summed E-state index contributed by atoms with van der Waals surface area (Å²) in [6.07, 6.45) is -1.93. The van der Waals surface area contributed by atoms with E-state index < -0.39 is 36.0 Å². The van der Waals surface area contributed by atoms with Crippen molar-refractivity contribution in [2.45, 2.75) is 24.9 Å². The highest BCUT2D eigenvalue weighted by Crippen LogP contribution is 2.29. The van der Waals surface area contributed by atoms with Gasteiger partial charge in [-0.1, -0.05) is 0 Å². The summed E-state index contributed by atoms with van der Waals surface area (Å²) in [4.78, 5) is 11.7. The van der Waals surface area contributed by atoms with E-state index >= 15 is 0 Å². The molecule has 1 aromatic rings. The third kappa shape index (κ3) is 2.51. The van der Waals surface area contributed by atoms with Crippen LogP contribution in [0, 0.1) is 11.6 Å². The zero-order valence-corrected chi connectivity index (χ0v) is 10.4. The summed E-state index contributed by atoms with van der Waals surface area (Å²) in [6, 6.07) is 1.23. The maximum Gasteiger partial charge on any atom is 0.251 e. The molecule has 7 heteroatoms. The molecule has 4 nitrogen and oxygen atoms in total. The number of amides is 1. The molecule has 108 valence electrons. The van der Waals surface area contributed by atoms with Crippen LogP contribution in [0.15, 0.2) is 12.1 Å². The molecule has 0 bridgehead atoms. The second kappa shape index (κ2) is 5.06. The Balaban J connectivity index is 1.81. The average molecular weight is 287 g/mol. The van der Waals surface area contributed by atoms with Gasteiger partial charge in [0.15, 0.2) is 6.29 Å². The molecule has 2 fully saturated rings. The van der Waals surface area contributed by atoms with Gasteiger partial charge in [-0.2, -0.15) is 0 Å². The fourth-order valence-electron chi connectivity index (χ4n) is 2.03. The Hall–Kier alpha value is -1.60. The molecule has 0 spiro atoms. The number of hydrogen-bond acceptors (Lipinski definition) is 3. The summed E-state index contributed by atoms with van der Waals surface area (Å²) in [5.74, 6) is -2.54. The Morgan fingerprint density at radius 2 is 1.75 bits per heavy atom. The number of halogens is 3. The number of carbonyl (C=O) groups is 1. The maximum atomic E-state index is 13.9. The van der Waals surface area contributed by atoms with E-state index in [4.69, 9.17) is 9.47 Å². The first kappa shape index (κ1) is 13.4. The van der Waals surface area contributed by atoms with E-state index in [1.54, 1.807) is 0 Å². The minimum Gasteiger partial charge on any atom is -0.346 e. The molecule has 2 atom stereocenters. The topological polar surface area (TPSA) is 47.6 Å². The summed E-state index contributed by atoms with van der Waals surface area (Å²) >= 11 is 0. The van der Waals surface area contributed by atoms with Crippen molar-refractivity contribution in [3.05, 3.63) is 34.9 Å². The molecule has 1 heterocycles. The van der Waals surface area contributed by atoms with Gasteiger partial charge < -0.3 is 14.8 Å². The largest absolute Gasteiger partial charge is 0.346 e. The van der Waals surface area contributed by atoms with Crippen LogP contribution in [0.25, 0.3) is 0 Å². The molecular weight excluding hydrogens is 275 g/mol. The van der Waals surface area contributed by atoms with Gasteiger partial charge in [-0.25, -0.2) is 13.2 Å². The monoisotopic (exact) mass is 287 g/mol. The molecule has 20 heavy (non-hydrogen) atoms. The number of ether oxygens (including phenoxy) is 2. The van der Waals surface area contributed by atoms with Crippen molar-refractivity contribution in [1.82, 2.24) is 5.32 Å². The van der Waals surface area contributed by atoms with Crippen molar-refractivity contribution >= 4 is 5.91 Å². The maximum absolute atomic E-state index is 13.9. The molecule has 1 aliphatic heterocycles. The summed E-state index contributed by atoms with van der Waals surface area (Å²) in [6.45, 7) is 0.511. The quantitative estimate of drug-likeness (QED) is 0.923. The predicted octanol–water partition coefficient (Wildman–Crippen LogP) is 1.85. The van der Waals surface area contributed by atoms with Crippen LogP contribution in [0.2, 0.25) is 0 Å². The first-order valence-electron chi connectivity index (χ1n) is 6.23. The third-order valence-electron chi connectivity index (χ3n) is 3.23. The van der Waals surface area contributed by atoms with Crippen LogP contribution in [0.5, 0.6) is 0 Å². The van der Waals surface area contributed by atoms with Gasteiger partial charge in [0.1, 0.15) is 17.8 Å². The van der Waals surface area contributed by atoms with Gasteiger partial charge >= 0.3 is 0 Å². The molecule has 0 aromatic heterocycles. The lowest BCUT2D eigenvalue weighted by Gasteiger charge is -2.13. The molecule has 1 aliphatic carbocycles. The van der Waals surface area contributed by atoms with Crippen LogP contribution in [0.3, 0.4) is 0 Å². The van der Waals surface area contributed by atoms with E-state index in [1.165, 1.54) is 0 Å². The highest BCUT2D eigenvalue weighted by atomic mass is 19.1. The average Bonchev–Trinajstić information content (AvgIpc) is 2.89. The van der Waals surface area contributed by atoms with Crippen molar-refractivity contribution in [2.24, 2.45) is 0 Å². The van der Waals surface area contributed by atoms with Crippen LogP contribution < -0.4 is 5.32 Å². The SMILES string of the molecule is O=C(N[C@H]1C[C@H]1F)c1cc(F)c(C2OCCO2)c(F)c1. The Labute approximate surface area is 112 Å². The van der Waals surface area contributed by atoms with Gasteiger partial charge in [0, 0.05) is 12.0 Å². The number of benzene rings is 1. The first-order valence-corrected chi connectivity index (χ1v) is 6.23. The Morgan fingerprint density at radius 1 is 1.20 bits per heavy atom. The number of alkyl halides is 1. The van der Waals surface area contributed by atoms with E-state index in [-0.39, 0.29) is 30.8 Å². The van der Waals surface area contributed by atoms with Crippen molar-refractivity contribution in [3.8, 4) is 0 Å². The Bertz CT molecular complexity index is 523. The Kier molecular flexibility index (Phi) is 3.39. The molecule has 2 aliphatic rings. The lowest BCUT2D eigenvalue weighted by Crippen LogP contribution is -2.27. The smallest absolute Gasteiger partial charge is 0.251 e. The molecular formula is C13H12F3NO3. The second-order valence-corrected chi connectivity index (χ2v) is 4.76. The normalized spacial score (nSPS) is 25.8. The first-order chi connectivity index (χ1) is 9.56. The van der Waals surface area contributed by atoms with Gasteiger partial charge in [0.2, 0.25) is 0 Å². The highest BCUT2D eigenvalue weighted by molar-refractivity contribution is 5.94. The predicted molar refractivity (Wildman–Crippen MR) is 61.8 cm³/mol. The standard InChI is InChI=1S/C13H12F3NO3/c14-7-5-10(7)17-12(18)6-3-8(15)11(9(16)4-6)13-19-1-2-20-13/h3-4,7,10,13H,1-2,5H2,(H,17,18)/t7-,10+/m1/s1. The minimum atomic E-state index is -1.09. The summed E-state index contributed by atoms with van der Waals surface area (Å²) in [5.41, 5.74) is -0.547. The van der Waals surface area contributed by atoms with Gasteiger partial charge in [-0.3, -0.25) is 4.79 Å². The zero-order chi connectivity index (χ0) is 14.3. The number of rotatable bonds is 3. The second-order valence-electron chi connectivity index (χ2n) is 4.76. The minimum absolute atomic E-state index is 0.194. The number of hydrogen-bond donors (Lipinski definition) is 1. The van der Waals surface area contributed by atoms with Gasteiger partial charge in [0.05, 0.1) is 24.8 Å². The summed E-state index contributed by atoms with van der Waals surface area (Å²) in [7, 11) is 0. The number of carbonyl (C=O) groups excluding carboxylic acids is 1. The van der Waals surface area contributed by atoms with E-state index in [2.05, 4.69) is 5.32 Å². The van der Waals surface area contributed by atoms with Crippen molar-refractivity contribution in [3.63, 3.8) is 0 Å². The lowest BCUT2D eigenvalue weighted by molar-refractivity contribution is -0.0489. The van der Waals surface area contributed by atoms with Gasteiger partial charge in [-0.15, -0.1) is 0 Å². The van der Waals surface area contributed by atoms with Crippen LogP contribution >= 0.6 is 0 Å². The summed E-state index contributed by atoms with van der Waals surface area (Å²) < 4.78 is 50.6.